The highest BCUT2D eigenvalue weighted by atomic mass is 16.8. The molecule has 0 radical (unpaired) electrons. The Labute approximate surface area is 731 Å². The quantitative estimate of drug-likeness (QED) is 0.00479. The summed E-state index contributed by atoms with van der Waals surface area (Å²) in [5, 5.41) is 21.1. The van der Waals surface area contributed by atoms with E-state index in [0.29, 0.717) is 129 Å². The average molecular weight is 1760 g/mol. The minimum atomic E-state index is -1.20. The lowest BCUT2D eigenvalue weighted by molar-refractivity contribution is -0.174. The van der Waals surface area contributed by atoms with Crippen LogP contribution in [0.1, 0.15) is 60.5 Å². The molecule has 5 aromatic carbocycles. The van der Waals surface area contributed by atoms with Crippen LogP contribution in [0.3, 0.4) is 0 Å². The number of amides is 10. The number of ketones is 2. The first kappa shape index (κ1) is 107. The summed E-state index contributed by atoms with van der Waals surface area (Å²) >= 11 is 0. The molecule has 126 heavy (non-hydrogen) atoms. The highest BCUT2D eigenvalue weighted by Gasteiger charge is 2.36. The number of allylic oxidation sites excluding steroid dienone is 1. The number of carbonyl (C=O) groups excluding carboxylic acids is 13. The minimum Gasteiger partial charge on any atom is -0.410 e. The van der Waals surface area contributed by atoms with Crippen LogP contribution in [-0.2, 0) is 87.5 Å². The zero-order valence-corrected chi connectivity index (χ0v) is 70.7. The number of anilines is 4. The van der Waals surface area contributed by atoms with Gasteiger partial charge in [0.15, 0.2) is 5.78 Å². The third kappa shape index (κ3) is 44.6. The molecule has 40 heteroatoms. The summed E-state index contributed by atoms with van der Waals surface area (Å²) in [4.78, 5) is 160. The Balaban J connectivity index is 0.000000733. The van der Waals surface area contributed by atoms with Crippen molar-refractivity contribution in [2.45, 2.75) is 61.3 Å². The number of ether oxygens (including phenoxy) is 13. The maximum Gasteiger partial charge on any atom is 0.539 e. The molecule has 6 rings (SSSR count). The molecule has 1 fully saturated rings. The van der Waals surface area contributed by atoms with E-state index in [2.05, 4.69) is 73.7 Å². The Morgan fingerprint density at radius 3 is 0.817 bits per heavy atom. The SMILES string of the molecule is C.C=C(C)C(=O)Cc1ccc(OC(=O)NCCOCC(COCCNC(=O)Oc2ccc(NC(=O)C(=C)C)cc2)(COCCNC(=O)Oc2ccc(NC(=O)C(=C)C)cc2)COCCNC(=O)Oc2ccc(NC(=O)C(C)=O)cc2)cc1.C=C(C)C(=O)Nc1ccc(OC(=O)ON2C(=O)CCC2=O)cc1.NCCOCC(COCCN)(COCCN)COCCN. The third-order valence-corrected chi connectivity index (χ3v) is 16.3. The van der Waals surface area contributed by atoms with Gasteiger partial charge in [-0.15, -0.1) is 0 Å². The molecule has 0 aliphatic carbocycles. The first-order valence-electron chi connectivity index (χ1n) is 39.2. The van der Waals surface area contributed by atoms with Crippen molar-refractivity contribution in [2.24, 2.45) is 33.8 Å². The van der Waals surface area contributed by atoms with Gasteiger partial charge in [-0.25, -0.2) is 24.0 Å². The van der Waals surface area contributed by atoms with Crippen LogP contribution in [0.25, 0.3) is 0 Å². The maximum atomic E-state index is 12.7. The van der Waals surface area contributed by atoms with Gasteiger partial charge in [0, 0.05) is 118 Å². The fraction of sp³-hybridized carbons (Fsp3) is 0.407. The molecule has 1 aliphatic rings. The van der Waals surface area contributed by atoms with Gasteiger partial charge in [-0.05, 0) is 148 Å². The molecular weight excluding hydrogens is 1650 g/mol. The molecule has 0 unspecified atom stereocenters. The standard InChI is InChI=1S/C57H67N7O17.C15H14N2O6.C13H32N4O4.CH4/c1-37(2)49(66)32-41-8-16-45(17-9-41)78-53(70)58-24-28-74-33-57(34-75-29-25-59-54(71)79-46-18-10-42(11-19-46)62-50(67)38(3)4,35-76-30-26-60-55(72)80-47-20-12-43(13-21-47)63-51(68)39(5)6)36-77-31-27-61-56(73)81-48-22-14-44(15-23-48)64-52(69)40(7)65;1-9(2)14(20)16-10-3-5-11(6-4-10)22-15(21)23-17-12(18)7-8-13(17)19;14-1-5-18-9-13(10-19-6-2-15,11-20-7-3-16)12-21-8-4-17;/h8-23H,1,3,5,24-36H2,2,4,6-7H3,(H,58,70)(H,59,71)(H,60,72)(H,61,73)(H,62,67)(H,63,68)(H,64,69);3-6H,1,7-8H2,2H3,(H,16,20);1-12,14-17H2;1H4. The molecule has 688 valence electrons. The van der Waals surface area contributed by atoms with Crippen LogP contribution >= 0.6 is 0 Å². The van der Waals surface area contributed by atoms with E-state index in [4.69, 9.17) is 84.5 Å². The molecule has 5 aromatic rings. The number of Topliss-reactive ketones (excluding diaryl/α,β-unsaturated/α-hetero) is 2. The van der Waals surface area contributed by atoms with E-state index in [1.807, 2.05) is 0 Å². The molecule has 0 spiro atoms. The number of benzene rings is 5. The molecular formula is C86H117N13O27. The second kappa shape index (κ2) is 60.0. The molecule has 0 bridgehead atoms. The number of rotatable bonds is 53. The van der Waals surface area contributed by atoms with Gasteiger partial charge in [0.2, 0.25) is 5.78 Å². The molecule has 40 nitrogen and oxygen atoms in total. The van der Waals surface area contributed by atoms with E-state index in [0.717, 1.165) is 12.5 Å². The van der Waals surface area contributed by atoms with E-state index in [1.54, 1.807) is 76.2 Å². The van der Waals surface area contributed by atoms with Gasteiger partial charge in [0.05, 0.1) is 117 Å². The number of nitrogens with one attached hydrogen (secondary N) is 8. The number of hydrogen-bond donors (Lipinski definition) is 12. The smallest absolute Gasteiger partial charge is 0.410 e. The molecule has 10 amide bonds. The van der Waals surface area contributed by atoms with Crippen LogP contribution in [0, 0.1) is 10.8 Å². The Bertz CT molecular complexity index is 3910. The number of hydroxylamine groups is 2. The van der Waals surface area contributed by atoms with Crippen LogP contribution in [-0.4, -0.2) is 241 Å². The zero-order chi connectivity index (χ0) is 92.0. The van der Waals surface area contributed by atoms with Gasteiger partial charge in [-0.2, -0.15) is 0 Å². The maximum absolute atomic E-state index is 12.7. The van der Waals surface area contributed by atoms with Crippen LogP contribution in [0.4, 0.5) is 46.7 Å². The monoisotopic (exact) mass is 1760 g/mol. The molecule has 16 N–H and O–H groups in total. The fourth-order valence-corrected chi connectivity index (χ4v) is 9.83. The molecule has 1 heterocycles. The lowest BCUT2D eigenvalue weighted by Gasteiger charge is -2.33. The summed E-state index contributed by atoms with van der Waals surface area (Å²) in [6, 6.07) is 30.3. The van der Waals surface area contributed by atoms with Crippen molar-refractivity contribution in [3.63, 3.8) is 0 Å². The van der Waals surface area contributed by atoms with Crippen molar-refractivity contribution in [3.05, 3.63) is 175 Å². The largest absolute Gasteiger partial charge is 0.539 e. The van der Waals surface area contributed by atoms with E-state index < -0.39 is 64.9 Å². The van der Waals surface area contributed by atoms with E-state index in [1.165, 1.54) is 72.8 Å². The normalized spacial score (nSPS) is 11.4. The number of carbonyl (C=O) groups is 13. The Hall–Kier alpha value is -12.7. The van der Waals surface area contributed by atoms with Crippen molar-refractivity contribution >= 4 is 100 Å². The van der Waals surface area contributed by atoms with Crippen molar-refractivity contribution in [1.82, 2.24) is 26.3 Å². The number of hydrogen-bond acceptors (Lipinski definition) is 31. The van der Waals surface area contributed by atoms with E-state index >= 15 is 0 Å². The van der Waals surface area contributed by atoms with Crippen molar-refractivity contribution in [1.29, 1.82) is 0 Å². The average Bonchev–Trinajstić information content (AvgIpc) is 1.51. The van der Waals surface area contributed by atoms with Crippen molar-refractivity contribution in [2.75, 3.05) is 179 Å². The summed E-state index contributed by atoms with van der Waals surface area (Å²) in [5.74, 6) is -2.90. The lowest BCUT2D eigenvalue weighted by Crippen LogP contribution is -2.44. The Morgan fingerprint density at radius 1 is 0.341 bits per heavy atom. The summed E-state index contributed by atoms with van der Waals surface area (Å²) in [7, 11) is 0. The predicted octanol–water partition coefficient (Wildman–Crippen LogP) is 6.73. The van der Waals surface area contributed by atoms with Crippen LogP contribution in [0.15, 0.2) is 170 Å². The predicted molar refractivity (Wildman–Crippen MR) is 464 cm³/mol. The second-order valence-corrected chi connectivity index (χ2v) is 27.7. The lowest BCUT2D eigenvalue weighted by atomic mass is 9.92. The van der Waals surface area contributed by atoms with E-state index in [-0.39, 0.29) is 158 Å². The summed E-state index contributed by atoms with van der Waals surface area (Å²) < 4.78 is 72.8. The van der Waals surface area contributed by atoms with Gasteiger partial charge in [0.25, 0.3) is 35.4 Å². The third-order valence-electron chi connectivity index (χ3n) is 16.3. The molecule has 1 aliphatic heterocycles. The minimum absolute atomic E-state index is 0. The molecule has 0 saturated carbocycles. The zero-order valence-electron chi connectivity index (χ0n) is 70.7. The van der Waals surface area contributed by atoms with Gasteiger partial charge in [0.1, 0.15) is 28.7 Å². The molecule has 1 saturated heterocycles. The topological polar surface area (TPSA) is 555 Å². The summed E-state index contributed by atoms with van der Waals surface area (Å²) in [6.45, 7) is 26.8. The summed E-state index contributed by atoms with van der Waals surface area (Å²) in [5.41, 5.74) is 24.2. The Kier molecular flexibility index (Phi) is 51.1. The van der Waals surface area contributed by atoms with Gasteiger partial charge >= 0.3 is 30.5 Å². The van der Waals surface area contributed by atoms with Crippen LogP contribution in [0.5, 0.6) is 28.7 Å². The number of nitrogens with two attached hydrogens (primary N) is 4. The fourth-order valence-electron chi connectivity index (χ4n) is 9.83. The molecule has 0 atom stereocenters. The van der Waals surface area contributed by atoms with Crippen LogP contribution < -0.4 is 89.2 Å². The highest BCUT2D eigenvalue weighted by molar-refractivity contribution is 6.39. The summed E-state index contributed by atoms with van der Waals surface area (Å²) in [6.07, 6.45) is -4.19. The second-order valence-electron chi connectivity index (χ2n) is 27.7. The van der Waals surface area contributed by atoms with Crippen LogP contribution in [0.2, 0.25) is 0 Å². The highest BCUT2D eigenvalue weighted by Crippen LogP contribution is 2.26. The van der Waals surface area contributed by atoms with Crippen molar-refractivity contribution in [3.8, 4) is 28.7 Å². The van der Waals surface area contributed by atoms with Gasteiger partial charge < -0.3 is 127 Å². The number of nitrogens with zero attached hydrogens (tertiary/aromatic N) is 1. The number of imide groups is 1. The van der Waals surface area contributed by atoms with Gasteiger partial charge in [-0.3, -0.25) is 43.2 Å². The van der Waals surface area contributed by atoms with Crippen molar-refractivity contribution < 1.29 is 129 Å². The van der Waals surface area contributed by atoms with Gasteiger partial charge in [-0.1, -0.05) is 50.9 Å². The van der Waals surface area contributed by atoms with E-state index in [9.17, 15) is 62.3 Å². The molecule has 0 aromatic heterocycles. The Morgan fingerprint density at radius 2 is 0.579 bits per heavy atom. The first-order chi connectivity index (χ1) is 59.8. The first-order valence-corrected chi connectivity index (χ1v) is 39.2.